The molecule has 1 saturated heterocycles. The van der Waals surface area contributed by atoms with E-state index in [9.17, 15) is 0 Å². The van der Waals surface area contributed by atoms with E-state index in [0.717, 1.165) is 17.9 Å². The van der Waals surface area contributed by atoms with Crippen molar-refractivity contribution in [1.82, 2.24) is 4.90 Å². The molecule has 106 valence electrons. The third-order valence-electron chi connectivity index (χ3n) is 5.47. The minimum Gasteiger partial charge on any atom is -0.327 e. The second kappa shape index (κ2) is 5.50. The molecule has 0 amide bonds. The Bertz CT molecular complexity index is 274. The Hall–Kier alpha value is -0.0800. The summed E-state index contributed by atoms with van der Waals surface area (Å²) in [6.07, 6.45) is 6.60. The SMILES string of the molecule is CCC1CN(C2CCC(C)(C)CC2C)CCC1N. The lowest BCUT2D eigenvalue weighted by Gasteiger charge is -2.48. The van der Waals surface area contributed by atoms with E-state index in [1.165, 1.54) is 45.2 Å². The number of hydrogen-bond acceptors (Lipinski definition) is 2. The van der Waals surface area contributed by atoms with Gasteiger partial charge in [0.25, 0.3) is 0 Å². The maximum Gasteiger partial charge on any atom is 0.0121 e. The highest BCUT2D eigenvalue weighted by atomic mass is 15.2. The monoisotopic (exact) mass is 252 g/mol. The van der Waals surface area contributed by atoms with Crippen molar-refractivity contribution < 1.29 is 0 Å². The lowest BCUT2D eigenvalue weighted by Crippen LogP contribution is -2.53. The topological polar surface area (TPSA) is 29.3 Å². The van der Waals surface area contributed by atoms with E-state index in [1.807, 2.05) is 0 Å². The van der Waals surface area contributed by atoms with Crippen LogP contribution in [0.2, 0.25) is 0 Å². The van der Waals surface area contributed by atoms with Crippen LogP contribution in [0.5, 0.6) is 0 Å². The predicted octanol–water partition coefficient (Wildman–Crippen LogP) is 3.26. The van der Waals surface area contributed by atoms with E-state index < -0.39 is 0 Å². The number of piperidine rings is 1. The molecule has 1 aliphatic heterocycles. The normalized spacial score (nSPS) is 41.8. The van der Waals surface area contributed by atoms with Crippen LogP contribution in [0.25, 0.3) is 0 Å². The molecule has 2 fully saturated rings. The first kappa shape index (κ1) is 14.3. The lowest BCUT2D eigenvalue weighted by atomic mass is 9.69. The number of rotatable bonds is 2. The van der Waals surface area contributed by atoms with Crippen molar-refractivity contribution in [2.45, 2.75) is 71.9 Å². The lowest BCUT2D eigenvalue weighted by molar-refractivity contribution is 0.0265. The summed E-state index contributed by atoms with van der Waals surface area (Å²) < 4.78 is 0. The van der Waals surface area contributed by atoms with Crippen LogP contribution in [0, 0.1) is 17.3 Å². The molecule has 1 aliphatic carbocycles. The molecule has 2 nitrogen and oxygen atoms in total. The average Bonchev–Trinajstić information content (AvgIpc) is 2.29. The Balaban J connectivity index is 1.96. The summed E-state index contributed by atoms with van der Waals surface area (Å²) in [6.45, 7) is 12.1. The fourth-order valence-corrected chi connectivity index (χ4v) is 4.29. The van der Waals surface area contributed by atoms with Crippen molar-refractivity contribution >= 4 is 0 Å². The van der Waals surface area contributed by atoms with Crippen LogP contribution in [0.15, 0.2) is 0 Å². The molecule has 0 bridgehead atoms. The van der Waals surface area contributed by atoms with Crippen molar-refractivity contribution in [3.63, 3.8) is 0 Å². The molecule has 4 atom stereocenters. The molecule has 0 aromatic carbocycles. The highest BCUT2D eigenvalue weighted by molar-refractivity contribution is 4.92. The van der Waals surface area contributed by atoms with Gasteiger partial charge in [0.2, 0.25) is 0 Å². The van der Waals surface area contributed by atoms with Gasteiger partial charge in [0.15, 0.2) is 0 Å². The van der Waals surface area contributed by atoms with Gasteiger partial charge in [0, 0.05) is 18.6 Å². The van der Waals surface area contributed by atoms with Gasteiger partial charge in [-0.2, -0.15) is 0 Å². The Morgan fingerprint density at radius 3 is 2.61 bits per heavy atom. The maximum atomic E-state index is 6.23. The van der Waals surface area contributed by atoms with Gasteiger partial charge in [-0.25, -0.2) is 0 Å². The van der Waals surface area contributed by atoms with E-state index in [1.54, 1.807) is 0 Å². The molecule has 0 aromatic heterocycles. The predicted molar refractivity (Wildman–Crippen MR) is 78.5 cm³/mol. The van der Waals surface area contributed by atoms with Crippen molar-refractivity contribution in [2.75, 3.05) is 13.1 Å². The van der Waals surface area contributed by atoms with Crippen LogP contribution in [0.3, 0.4) is 0 Å². The molecule has 4 unspecified atom stereocenters. The van der Waals surface area contributed by atoms with Crippen molar-refractivity contribution in [1.29, 1.82) is 0 Å². The minimum absolute atomic E-state index is 0.446. The molecule has 1 saturated carbocycles. The van der Waals surface area contributed by atoms with Crippen LogP contribution in [-0.4, -0.2) is 30.1 Å². The van der Waals surface area contributed by atoms with Crippen LogP contribution in [0.4, 0.5) is 0 Å². The highest BCUT2D eigenvalue weighted by Gasteiger charge is 2.37. The Morgan fingerprint density at radius 1 is 1.28 bits per heavy atom. The first-order chi connectivity index (χ1) is 8.43. The number of nitrogens with zero attached hydrogens (tertiary/aromatic N) is 1. The number of likely N-dealkylation sites (tertiary alicyclic amines) is 1. The van der Waals surface area contributed by atoms with Crippen LogP contribution in [-0.2, 0) is 0 Å². The van der Waals surface area contributed by atoms with Gasteiger partial charge in [0.1, 0.15) is 0 Å². The van der Waals surface area contributed by atoms with E-state index in [-0.39, 0.29) is 0 Å². The first-order valence-corrected chi connectivity index (χ1v) is 7.92. The molecule has 1 heterocycles. The van der Waals surface area contributed by atoms with Gasteiger partial charge < -0.3 is 5.73 Å². The van der Waals surface area contributed by atoms with E-state index in [0.29, 0.717) is 11.5 Å². The highest BCUT2D eigenvalue weighted by Crippen LogP contribution is 2.41. The van der Waals surface area contributed by atoms with Gasteiger partial charge in [-0.05, 0) is 49.5 Å². The van der Waals surface area contributed by atoms with Gasteiger partial charge in [-0.3, -0.25) is 4.90 Å². The van der Waals surface area contributed by atoms with E-state index >= 15 is 0 Å². The summed E-state index contributed by atoms with van der Waals surface area (Å²) in [5.41, 5.74) is 6.79. The smallest absolute Gasteiger partial charge is 0.0121 e. The fourth-order valence-electron chi connectivity index (χ4n) is 4.29. The Labute approximate surface area is 113 Å². The van der Waals surface area contributed by atoms with E-state index in [4.69, 9.17) is 5.73 Å². The summed E-state index contributed by atoms with van der Waals surface area (Å²) >= 11 is 0. The molecule has 18 heavy (non-hydrogen) atoms. The zero-order valence-electron chi connectivity index (χ0n) is 12.8. The molecule has 0 radical (unpaired) electrons. The quantitative estimate of drug-likeness (QED) is 0.817. The standard InChI is InChI=1S/C16H32N2/c1-5-13-11-18(9-7-14(13)17)15-6-8-16(3,4)10-12(15)2/h12-15H,5-11,17H2,1-4H3. The first-order valence-electron chi connectivity index (χ1n) is 7.92. The van der Waals surface area contributed by atoms with Crippen molar-refractivity contribution in [2.24, 2.45) is 23.0 Å². The second-order valence-electron chi connectivity index (χ2n) is 7.57. The van der Waals surface area contributed by atoms with Gasteiger partial charge >= 0.3 is 0 Å². The van der Waals surface area contributed by atoms with Crippen LogP contribution >= 0.6 is 0 Å². The molecule has 0 spiro atoms. The fraction of sp³-hybridized carbons (Fsp3) is 1.00. The molecule has 2 N–H and O–H groups in total. The van der Waals surface area contributed by atoms with E-state index in [2.05, 4.69) is 32.6 Å². The Morgan fingerprint density at radius 2 is 2.00 bits per heavy atom. The third kappa shape index (κ3) is 3.08. The Kier molecular flexibility index (Phi) is 4.38. The summed E-state index contributed by atoms with van der Waals surface area (Å²) in [5.74, 6) is 1.57. The van der Waals surface area contributed by atoms with Gasteiger partial charge in [-0.1, -0.05) is 34.1 Å². The second-order valence-corrected chi connectivity index (χ2v) is 7.57. The zero-order chi connectivity index (χ0) is 13.3. The summed E-state index contributed by atoms with van der Waals surface area (Å²) in [7, 11) is 0. The summed E-state index contributed by atoms with van der Waals surface area (Å²) in [5, 5.41) is 0. The molecule has 2 aliphatic rings. The molecule has 0 aromatic rings. The minimum atomic E-state index is 0.446. The van der Waals surface area contributed by atoms with Crippen molar-refractivity contribution in [3.8, 4) is 0 Å². The van der Waals surface area contributed by atoms with Crippen LogP contribution in [0.1, 0.15) is 59.8 Å². The zero-order valence-corrected chi connectivity index (χ0v) is 12.8. The number of hydrogen-bond donors (Lipinski definition) is 1. The third-order valence-corrected chi connectivity index (χ3v) is 5.47. The average molecular weight is 252 g/mol. The van der Waals surface area contributed by atoms with Gasteiger partial charge in [-0.15, -0.1) is 0 Å². The molecule has 2 rings (SSSR count). The van der Waals surface area contributed by atoms with Gasteiger partial charge in [0.05, 0.1) is 0 Å². The number of nitrogens with two attached hydrogens (primary N) is 1. The van der Waals surface area contributed by atoms with Crippen molar-refractivity contribution in [3.05, 3.63) is 0 Å². The largest absolute Gasteiger partial charge is 0.327 e. The molecular formula is C16H32N2. The molecular weight excluding hydrogens is 220 g/mol. The van der Waals surface area contributed by atoms with Crippen LogP contribution < -0.4 is 5.73 Å². The summed E-state index contributed by atoms with van der Waals surface area (Å²) in [4.78, 5) is 2.76. The maximum absolute atomic E-state index is 6.23. The molecule has 2 heteroatoms. The summed E-state index contributed by atoms with van der Waals surface area (Å²) in [6, 6.07) is 1.26.